The first-order valence-electron chi connectivity index (χ1n) is 9.05. The normalized spacial score (nSPS) is 31.9. The SMILES string of the molecule is COc1ccc([C@H]2[C@@H]3CCCC[C@]3(O)CC[NH+]2CC(N)=O)c(OC)c1. The first-order valence-corrected chi connectivity index (χ1v) is 9.05. The molecule has 6 heteroatoms. The van der Waals surface area contributed by atoms with E-state index in [-0.39, 0.29) is 24.4 Å². The van der Waals surface area contributed by atoms with E-state index in [1.54, 1.807) is 14.2 Å². The summed E-state index contributed by atoms with van der Waals surface area (Å²) >= 11 is 0. The third kappa shape index (κ3) is 3.46. The summed E-state index contributed by atoms with van der Waals surface area (Å²) in [7, 11) is 3.27. The molecule has 0 radical (unpaired) electrons. The molecule has 1 aliphatic heterocycles. The quantitative estimate of drug-likeness (QED) is 0.720. The van der Waals surface area contributed by atoms with Gasteiger partial charge in [0.25, 0.3) is 5.91 Å². The molecule has 1 amide bonds. The Hall–Kier alpha value is -1.79. The van der Waals surface area contributed by atoms with Gasteiger partial charge in [-0.15, -0.1) is 0 Å². The molecule has 138 valence electrons. The summed E-state index contributed by atoms with van der Waals surface area (Å²) in [6, 6.07) is 5.78. The van der Waals surface area contributed by atoms with E-state index >= 15 is 0 Å². The van der Waals surface area contributed by atoms with Crippen molar-refractivity contribution in [1.29, 1.82) is 0 Å². The van der Waals surface area contributed by atoms with E-state index in [4.69, 9.17) is 15.2 Å². The fourth-order valence-corrected chi connectivity index (χ4v) is 4.79. The van der Waals surface area contributed by atoms with E-state index in [2.05, 4.69) is 0 Å². The van der Waals surface area contributed by atoms with Crippen LogP contribution in [0.4, 0.5) is 0 Å². The van der Waals surface area contributed by atoms with Crippen LogP contribution in [0, 0.1) is 5.92 Å². The second kappa shape index (κ2) is 7.22. The maximum Gasteiger partial charge on any atom is 0.272 e. The summed E-state index contributed by atoms with van der Waals surface area (Å²) in [5.74, 6) is 1.26. The van der Waals surface area contributed by atoms with Crippen molar-refractivity contribution >= 4 is 5.91 Å². The molecule has 25 heavy (non-hydrogen) atoms. The standard InChI is InChI=1S/C19H28N2O4/c1-24-13-6-7-14(16(11-13)25-2)18-15-5-3-4-8-19(15,23)9-10-21(18)12-17(20)22/h6-7,11,15,18,23H,3-5,8-10,12H2,1-2H3,(H2,20,22)/p+1/t15-,18-,19-/m0/s1. The van der Waals surface area contributed by atoms with E-state index in [9.17, 15) is 9.90 Å². The Morgan fingerprint density at radius 3 is 2.80 bits per heavy atom. The number of rotatable bonds is 5. The molecule has 1 aromatic rings. The smallest absolute Gasteiger partial charge is 0.272 e. The summed E-state index contributed by atoms with van der Waals surface area (Å²) in [5.41, 5.74) is 5.87. The number of nitrogens with two attached hydrogens (primary N) is 1. The van der Waals surface area contributed by atoms with Gasteiger partial charge in [0.2, 0.25) is 0 Å². The zero-order valence-electron chi connectivity index (χ0n) is 15.1. The Balaban J connectivity index is 2.04. The maximum absolute atomic E-state index is 11.6. The molecule has 1 unspecified atom stereocenters. The summed E-state index contributed by atoms with van der Waals surface area (Å²) in [6.07, 6.45) is 4.67. The minimum absolute atomic E-state index is 0.00703. The molecular weight excluding hydrogens is 320 g/mol. The molecule has 4 atom stereocenters. The number of hydrogen-bond donors (Lipinski definition) is 3. The largest absolute Gasteiger partial charge is 0.497 e. The Bertz CT molecular complexity index is 636. The van der Waals surface area contributed by atoms with Crippen molar-refractivity contribution in [2.45, 2.75) is 43.7 Å². The Morgan fingerprint density at radius 1 is 1.32 bits per heavy atom. The third-order valence-electron chi connectivity index (χ3n) is 5.96. The molecule has 0 bridgehead atoms. The Morgan fingerprint density at radius 2 is 2.12 bits per heavy atom. The van der Waals surface area contributed by atoms with Crippen LogP contribution >= 0.6 is 0 Å². The van der Waals surface area contributed by atoms with Gasteiger partial charge < -0.3 is 25.2 Å². The summed E-state index contributed by atoms with van der Waals surface area (Å²) in [4.78, 5) is 12.7. The lowest BCUT2D eigenvalue weighted by atomic mass is 9.66. The highest BCUT2D eigenvalue weighted by molar-refractivity contribution is 5.74. The van der Waals surface area contributed by atoms with Crippen LogP contribution in [0.2, 0.25) is 0 Å². The molecule has 1 heterocycles. The van der Waals surface area contributed by atoms with Gasteiger partial charge in [-0.05, 0) is 25.0 Å². The van der Waals surface area contributed by atoms with Gasteiger partial charge in [-0.2, -0.15) is 0 Å². The molecule has 0 aromatic heterocycles. The Kier molecular flexibility index (Phi) is 5.20. The number of fused-ring (bicyclic) bond motifs is 1. The number of carbonyl (C=O) groups excluding carboxylic acids is 1. The van der Waals surface area contributed by atoms with Crippen LogP contribution in [0.15, 0.2) is 18.2 Å². The summed E-state index contributed by atoms with van der Waals surface area (Å²) < 4.78 is 10.9. The zero-order valence-corrected chi connectivity index (χ0v) is 15.1. The predicted octanol–water partition coefficient (Wildman–Crippen LogP) is 0.440. The van der Waals surface area contributed by atoms with E-state index in [1.165, 1.54) is 0 Å². The second-order valence-corrected chi connectivity index (χ2v) is 7.34. The minimum atomic E-state index is -0.658. The zero-order chi connectivity index (χ0) is 18.0. The lowest BCUT2D eigenvalue weighted by molar-refractivity contribution is -0.937. The number of hydrogen-bond acceptors (Lipinski definition) is 4. The maximum atomic E-state index is 11.6. The number of aliphatic hydroxyl groups is 1. The molecule has 2 fully saturated rings. The lowest BCUT2D eigenvalue weighted by Crippen LogP contribution is -3.16. The monoisotopic (exact) mass is 349 g/mol. The highest BCUT2D eigenvalue weighted by Gasteiger charge is 2.52. The summed E-state index contributed by atoms with van der Waals surface area (Å²) in [5, 5.41) is 11.2. The highest BCUT2D eigenvalue weighted by atomic mass is 16.5. The number of benzene rings is 1. The van der Waals surface area contributed by atoms with Gasteiger partial charge in [-0.25, -0.2) is 0 Å². The molecule has 1 saturated heterocycles. The number of likely N-dealkylation sites (tertiary alicyclic amines) is 1. The minimum Gasteiger partial charge on any atom is -0.497 e. The first kappa shape index (κ1) is 18.0. The van der Waals surface area contributed by atoms with Gasteiger partial charge in [0.05, 0.1) is 31.9 Å². The lowest BCUT2D eigenvalue weighted by Gasteiger charge is -2.50. The highest BCUT2D eigenvalue weighted by Crippen LogP contribution is 2.46. The van der Waals surface area contributed by atoms with Crippen molar-refractivity contribution in [2.75, 3.05) is 27.3 Å². The number of methoxy groups -OCH3 is 2. The number of nitrogens with one attached hydrogen (secondary N) is 1. The average molecular weight is 349 g/mol. The molecule has 6 nitrogen and oxygen atoms in total. The Labute approximate surface area is 148 Å². The second-order valence-electron chi connectivity index (χ2n) is 7.34. The van der Waals surface area contributed by atoms with Gasteiger partial charge in [-0.1, -0.05) is 12.8 Å². The summed E-state index contributed by atoms with van der Waals surface area (Å²) in [6.45, 7) is 1.00. The van der Waals surface area contributed by atoms with Gasteiger partial charge >= 0.3 is 0 Å². The predicted molar refractivity (Wildman–Crippen MR) is 93.7 cm³/mol. The number of ether oxygens (including phenoxy) is 2. The van der Waals surface area contributed by atoms with Gasteiger partial charge in [0.15, 0.2) is 6.54 Å². The van der Waals surface area contributed by atoms with Crippen molar-refractivity contribution < 1.29 is 24.3 Å². The van der Waals surface area contributed by atoms with Gasteiger partial charge in [0.1, 0.15) is 17.5 Å². The number of primary amides is 1. The van der Waals surface area contributed by atoms with Crippen LogP contribution in [0.3, 0.4) is 0 Å². The van der Waals surface area contributed by atoms with Crippen LogP contribution in [-0.4, -0.2) is 43.9 Å². The third-order valence-corrected chi connectivity index (χ3v) is 5.96. The molecule has 1 aromatic carbocycles. The topological polar surface area (TPSA) is 86.2 Å². The van der Waals surface area contributed by atoms with Crippen LogP contribution in [0.25, 0.3) is 0 Å². The molecule has 1 saturated carbocycles. The van der Waals surface area contributed by atoms with Crippen molar-refractivity contribution in [3.8, 4) is 11.5 Å². The van der Waals surface area contributed by atoms with Crippen LogP contribution < -0.4 is 20.1 Å². The number of carbonyl (C=O) groups is 1. The van der Waals surface area contributed by atoms with E-state index < -0.39 is 5.60 Å². The van der Waals surface area contributed by atoms with Crippen molar-refractivity contribution in [2.24, 2.45) is 11.7 Å². The fourth-order valence-electron chi connectivity index (χ4n) is 4.79. The molecule has 3 rings (SSSR count). The molecular formula is C19H29N2O4+. The van der Waals surface area contributed by atoms with Crippen LogP contribution in [0.1, 0.15) is 43.7 Å². The van der Waals surface area contributed by atoms with Crippen LogP contribution in [-0.2, 0) is 4.79 Å². The molecule has 4 N–H and O–H groups in total. The molecule has 2 aliphatic rings. The van der Waals surface area contributed by atoms with E-state index in [0.29, 0.717) is 0 Å². The van der Waals surface area contributed by atoms with E-state index in [1.807, 2.05) is 18.2 Å². The van der Waals surface area contributed by atoms with Crippen molar-refractivity contribution in [3.63, 3.8) is 0 Å². The number of quaternary nitrogens is 1. The number of amides is 1. The fraction of sp³-hybridized carbons (Fsp3) is 0.632. The van der Waals surface area contributed by atoms with Gasteiger partial charge in [-0.3, -0.25) is 4.79 Å². The molecule has 0 spiro atoms. The van der Waals surface area contributed by atoms with Crippen LogP contribution in [0.5, 0.6) is 11.5 Å². The first-order chi connectivity index (χ1) is 12.0. The van der Waals surface area contributed by atoms with E-state index in [0.717, 1.165) is 60.6 Å². The van der Waals surface area contributed by atoms with Crippen molar-refractivity contribution in [3.05, 3.63) is 23.8 Å². The molecule has 1 aliphatic carbocycles. The van der Waals surface area contributed by atoms with Crippen molar-refractivity contribution in [1.82, 2.24) is 0 Å². The number of piperidine rings is 1. The average Bonchev–Trinajstić information content (AvgIpc) is 2.61. The van der Waals surface area contributed by atoms with Gasteiger partial charge in [0, 0.05) is 18.4 Å².